The van der Waals surface area contributed by atoms with Crippen LogP contribution in [-0.4, -0.2) is 17.0 Å². The van der Waals surface area contributed by atoms with Crippen LogP contribution in [0, 0.1) is 6.92 Å². The number of hydrogen-bond acceptors (Lipinski definition) is 4. The standard InChI is InChI=1S/C16H15N3O/c1-11-10-15(19-16(17-2)18-11)20-14-9-5-7-12-6-3-4-8-13(12)14/h3-10H,1-2H3,(H,17,18,19). The zero-order chi connectivity index (χ0) is 13.9. The lowest BCUT2D eigenvalue weighted by molar-refractivity contribution is 0.467. The van der Waals surface area contributed by atoms with Crippen molar-refractivity contribution in [3.8, 4) is 11.6 Å². The lowest BCUT2D eigenvalue weighted by Crippen LogP contribution is -1.99. The van der Waals surface area contributed by atoms with Gasteiger partial charge in [0.15, 0.2) is 0 Å². The van der Waals surface area contributed by atoms with Gasteiger partial charge in [-0.15, -0.1) is 0 Å². The number of fused-ring (bicyclic) bond motifs is 1. The first-order chi connectivity index (χ1) is 9.76. The zero-order valence-electron chi connectivity index (χ0n) is 11.4. The van der Waals surface area contributed by atoms with Gasteiger partial charge in [-0.25, -0.2) is 4.98 Å². The van der Waals surface area contributed by atoms with Gasteiger partial charge in [-0.3, -0.25) is 0 Å². The zero-order valence-corrected chi connectivity index (χ0v) is 11.4. The number of ether oxygens (including phenoxy) is 1. The summed E-state index contributed by atoms with van der Waals surface area (Å²) in [6, 6.07) is 15.9. The Kier molecular flexibility index (Phi) is 3.21. The molecule has 3 rings (SSSR count). The first-order valence-corrected chi connectivity index (χ1v) is 6.45. The summed E-state index contributed by atoms with van der Waals surface area (Å²) < 4.78 is 5.92. The van der Waals surface area contributed by atoms with Crippen LogP contribution in [-0.2, 0) is 0 Å². The number of hydrogen-bond donors (Lipinski definition) is 1. The van der Waals surface area contributed by atoms with Gasteiger partial charge in [-0.05, 0) is 18.4 Å². The quantitative estimate of drug-likeness (QED) is 0.783. The molecule has 4 heteroatoms. The average Bonchev–Trinajstić information content (AvgIpc) is 2.47. The van der Waals surface area contributed by atoms with Crippen molar-refractivity contribution in [2.45, 2.75) is 6.92 Å². The average molecular weight is 265 g/mol. The third kappa shape index (κ3) is 2.40. The second-order valence-corrected chi connectivity index (χ2v) is 4.50. The van der Waals surface area contributed by atoms with Gasteiger partial charge in [0, 0.05) is 24.2 Å². The summed E-state index contributed by atoms with van der Waals surface area (Å²) in [5.74, 6) is 1.89. The normalized spacial score (nSPS) is 10.5. The van der Waals surface area contributed by atoms with Crippen LogP contribution in [0.3, 0.4) is 0 Å². The molecule has 1 heterocycles. The lowest BCUT2D eigenvalue weighted by Gasteiger charge is -2.09. The molecular weight excluding hydrogens is 250 g/mol. The number of nitrogens with one attached hydrogen (secondary N) is 1. The Balaban J connectivity index is 2.03. The molecule has 0 radical (unpaired) electrons. The summed E-state index contributed by atoms with van der Waals surface area (Å²) in [5.41, 5.74) is 0.861. The Bertz CT molecular complexity index is 750. The monoisotopic (exact) mass is 265 g/mol. The number of benzene rings is 2. The third-order valence-corrected chi connectivity index (χ3v) is 3.02. The molecule has 2 aromatic carbocycles. The highest BCUT2D eigenvalue weighted by Gasteiger charge is 2.06. The fraction of sp³-hybridized carbons (Fsp3) is 0.125. The van der Waals surface area contributed by atoms with Crippen molar-refractivity contribution in [1.29, 1.82) is 0 Å². The summed E-state index contributed by atoms with van der Waals surface area (Å²) in [5, 5.41) is 5.14. The minimum Gasteiger partial charge on any atom is -0.438 e. The maximum Gasteiger partial charge on any atom is 0.225 e. The molecule has 100 valence electrons. The van der Waals surface area contributed by atoms with Gasteiger partial charge in [-0.2, -0.15) is 4.98 Å². The van der Waals surface area contributed by atoms with E-state index in [0.717, 1.165) is 22.2 Å². The van der Waals surface area contributed by atoms with E-state index in [2.05, 4.69) is 27.4 Å². The van der Waals surface area contributed by atoms with Crippen molar-refractivity contribution in [3.63, 3.8) is 0 Å². The van der Waals surface area contributed by atoms with E-state index in [9.17, 15) is 0 Å². The first-order valence-electron chi connectivity index (χ1n) is 6.45. The molecular formula is C16H15N3O. The molecule has 0 saturated heterocycles. The highest BCUT2D eigenvalue weighted by molar-refractivity contribution is 5.88. The first kappa shape index (κ1) is 12.4. The Morgan fingerprint density at radius 2 is 1.80 bits per heavy atom. The molecule has 1 aromatic heterocycles. The molecule has 0 fully saturated rings. The molecule has 0 amide bonds. The highest BCUT2D eigenvalue weighted by Crippen LogP contribution is 2.29. The van der Waals surface area contributed by atoms with Crippen LogP contribution in [0.4, 0.5) is 5.95 Å². The molecule has 0 bridgehead atoms. The van der Waals surface area contributed by atoms with Gasteiger partial charge < -0.3 is 10.1 Å². The van der Waals surface area contributed by atoms with Crippen LogP contribution < -0.4 is 10.1 Å². The number of anilines is 1. The minimum absolute atomic E-state index is 0.540. The van der Waals surface area contributed by atoms with Crippen molar-refractivity contribution >= 4 is 16.7 Å². The van der Waals surface area contributed by atoms with E-state index >= 15 is 0 Å². The summed E-state index contributed by atoms with van der Waals surface area (Å²) in [7, 11) is 1.79. The Morgan fingerprint density at radius 3 is 2.65 bits per heavy atom. The van der Waals surface area contributed by atoms with Crippen molar-refractivity contribution < 1.29 is 4.74 Å². The number of nitrogens with zero attached hydrogens (tertiary/aromatic N) is 2. The predicted octanol–water partition coefficient (Wildman–Crippen LogP) is 3.77. The van der Waals surface area contributed by atoms with Crippen LogP contribution in [0.25, 0.3) is 10.8 Å². The SMILES string of the molecule is CNc1nc(C)cc(Oc2cccc3ccccc23)n1. The molecule has 20 heavy (non-hydrogen) atoms. The smallest absolute Gasteiger partial charge is 0.225 e. The van der Waals surface area contributed by atoms with E-state index in [0.29, 0.717) is 11.8 Å². The molecule has 3 aromatic rings. The molecule has 1 N–H and O–H groups in total. The topological polar surface area (TPSA) is 47.0 Å². The maximum atomic E-state index is 5.92. The fourth-order valence-electron chi connectivity index (χ4n) is 2.10. The van der Waals surface area contributed by atoms with Gasteiger partial charge in [0.1, 0.15) is 5.75 Å². The summed E-state index contributed by atoms with van der Waals surface area (Å²) in [4.78, 5) is 8.56. The molecule has 0 saturated carbocycles. The van der Waals surface area contributed by atoms with Gasteiger partial charge in [0.05, 0.1) is 0 Å². The Hall–Kier alpha value is -2.62. The lowest BCUT2D eigenvalue weighted by atomic mass is 10.1. The second-order valence-electron chi connectivity index (χ2n) is 4.50. The van der Waals surface area contributed by atoms with Gasteiger partial charge in [0.2, 0.25) is 11.8 Å². The highest BCUT2D eigenvalue weighted by atomic mass is 16.5. The molecule has 0 spiro atoms. The van der Waals surface area contributed by atoms with Gasteiger partial charge in [-0.1, -0.05) is 36.4 Å². The summed E-state index contributed by atoms with van der Waals surface area (Å²) in [6.45, 7) is 1.92. The van der Waals surface area contributed by atoms with Crippen molar-refractivity contribution in [2.75, 3.05) is 12.4 Å². The van der Waals surface area contributed by atoms with Crippen molar-refractivity contribution in [3.05, 3.63) is 54.2 Å². The number of aromatic nitrogens is 2. The summed E-state index contributed by atoms with van der Waals surface area (Å²) in [6.07, 6.45) is 0. The number of aryl methyl sites for hydroxylation is 1. The Labute approximate surface area is 117 Å². The van der Waals surface area contributed by atoms with E-state index in [4.69, 9.17) is 4.74 Å². The van der Waals surface area contributed by atoms with Crippen molar-refractivity contribution in [2.24, 2.45) is 0 Å². The molecule has 0 atom stereocenters. The van der Waals surface area contributed by atoms with E-state index in [1.165, 1.54) is 0 Å². The second kappa shape index (κ2) is 5.17. The van der Waals surface area contributed by atoms with Gasteiger partial charge >= 0.3 is 0 Å². The van der Waals surface area contributed by atoms with Crippen LogP contribution in [0.5, 0.6) is 11.6 Å². The molecule has 4 nitrogen and oxygen atoms in total. The maximum absolute atomic E-state index is 5.92. The minimum atomic E-state index is 0.540. The van der Waals surface area contributed by atoms with Crippen LogP contribution >= 0.6 is 0 Å². The van der Waals surface area contributed by atoms with E-state index in [-0.39, 0.29) is 0 Å². The summed E-state index contributed by atoms with van der Waals surface area (Å²) >= 11 is 0. The third-order valence-electron chi connectivity index (χ3n) is 3.02. The molecule has 0 unspecified atom stereocenters. The van der Waals surface area contributed by atoms with E-state index in [1.54, 1.807) is 7.05 Å². The van der Waals surface area contributed by atoms with Crippen LogP contribution in [0.15, 0.2) is 48.5 Å². The van der Waals surface area contributed by atoms with Crippen LogP contribution in [0.2, 0.25) is 0 Å². The molecule has 0 aliphatic rings. The fourth-order valence-corrected chi connectivity index (χ4v) is 2.10. The van der Waals surface area contributed by atoms with E-state index in [1.807, 2.05) is 43.3 Å². The Morgan fingerprint density at radius 1 is 1.00 bits per heavy atom. The predicted molar refractivity (Wildman–Crippen MR) is 80.3 cm³/mol. The number of rotatable bonds is 3. The van der Waals surface area contributed by atoms with Crippen LogP contribution in [0.1, 0.15) is 5.69 Å². The molecule has 0 aliphatic heterocycles. The molecule has 0 aliphatic carbocycles. The largest absolute Gasteiger partial charge is 0.438 e. The van der Waals surface area contributed by atoms with Crippen molar-refractivity contribution in [1.82, 2.24) is 9.97 Å². The van der Waals surface area contributed by atoms with Gasteiger partial charge in [0.25, 0.3) is 0 Å². The van der Waals surface area contributed by atoms with E-state index < -0.39 is 0 Å².